The summed E-state index contributed by atoms with van der Waals surface area (Å²) in [7, 11) is 1.35. The van der Waals surface area contributed by atoms with Gasteiger partial charge in [-0.25, -0.2) is 0 Å². The molecule has 0 bridgehead atoms. The van der Waals surface area contributed by atoms with Crippen molar-refractivity contribution in [3.8, 4) is 5.75 Å². The number of benzene rings is 1. The van der Waals surface area contributed by atoms with Gasteiger partial charge in [-0.1, -0.05) is 18.2 Å². The fraction of sp³-hybridized carbons (Fsp3) is 0.471. The second-order valence-corrected chi connectivity index (χ2v) is 7.47. The smallest absolute Gasteiger partial charge is 0.314 e. The van der Waals surface area contributed by atoms with Gasteiger partial charge >= 0.3 is 5.97 Å². The van der Waals surface area contributed by atoms with Crippen LogP contribution in [0.1, 0.15) is 6.92 Å². The number of methoxy groups -OCH3 is 1. The van der Waals surface area contributed by atoms with E-state index in [0.29, 0.717) is 18.0 Å². The normalized spacial score (nSPS) is 27.8. The van der Waals surface area contributed by atoms with Gasteiger partial charge in [-0.15, -0.1) is 11.8 Å². The molecule has 0 aromatic heterocycles. The van der Waals surface area contributed by atoms with Crippen LogP contribution in [-0.2, 0) is 19.1 Å². The summed E-state index contributed by atoms with van der Waals surface area (Å²) in [6.07, 6.45) is 0. The zero-order valence-corrected chi connectivity index (χ0v) is 14.9. The first-order chi connectivity index (χ1) is 11.9. The number of nitrogens with one attached hydrogen (secondary N) is 1. The fourth-order valence-corrected chi connectivity index (χ4v) is 4.44. The Morgan fingerprint density at radius 2 is 2.08 bits per heavy atom. The highest BCUT2D eigenvalue weighted by Crippen LogP contribution is 2.42. The second kappa shape index (κ2) is 6.95. The van der Waals surface area contributed by atoms with Gasteiger partial charge in [0.25, 0.3) is 5.91 Å². The van der Waals surface area contributed by atoms with Gasteiger partial charge in [-0.05, 0) is 19.1 Å². The molecule has 2 amide bonds. The van der Waals surface area contributed by atoms with E-state index in [0.717, 1.165) is 0 Å². The summed E-state index contributed by atoms with van der Waals surface area (Å²) < 4.78 is 10.2. The van der Waals surface area contributed by atoms with E-state index in [1.165, 1.54) is 18.9 Å². The average molecular weight is 364 g/mol. The van der Waals surface area contributed by atoms with Gasteiger partial charge in [0, 0.05) is 12.3 Å². The lowest BCUT2D eigenvalue weighted by molar-refractivity contribution is -0.160. The van der Waals surface area contributed by atoms with Crippen molar-refractivity contribution in [2.45, 2.75) is 18.3 Å². The molecule has 0 aliphatic carbocycles. The number of β-lactam (4-membered cyclic amide) rings is 1. The van der Waals surface area contributed by atoms with Gasteiger partial charge in [-0.2, -0.15) is 0 Å². The summed E-state index contributed by atoms with van der Waals surface area (Å²) >= 11 is 1.48. The third-order valence-electron chi connectivity index (χ3n) is 4.34. The van der Waals surface area contributed by atoms with Crippen LogP contribution in [0.15, 0.2) is 30.3 Å². The summed E-state index contributed by atoms with van der Waals surface area (Å²) in [5, 5.41) is 2.57. The maximum absolute atomic E-state index is 12.3. The Morgan fingerprint density at radius 1 is 1.36 bits per heavy atom. The number of fused-ring (bicyclic) bond motifs is 1. The number of para-hydroxylation sites is 1. The summed E-state index contributed by atoms with van der Waals surface area (Å²) in [6.45, 7) is 1.95. The maximum atomic E-state index is 12.3. The van der Waals surface area contributed by atoms with Crippen molar-refractivity contribution in [1.29, 1.82) is 0 Å². The molecule has 134 valence electrons. The van der Waals surface area contributed by atoms with E-state index in [-0.39, 0.29) is 29.8 Å². The van der Waals surface area contributed by atoms with Gasteiger partial charge in [0.15, 0.2) is 6.61 Å². The number of hydrogen-bond acceptors (Lipinski definition) is 6. The van der Waals surface area contributed by atoms with Crippen LogP contribution >= 0.6 is 11.8 Å². The SMILES string of the molecule is COC(=O)C1(C)CS[C@@H]2C(NC(=O)COc3ccccc3)C(=O)N2C1. The molecular weight excluding hydrogens is 344 g/mol. The monoisotopic (exact) mass is 364 g/mol. The number of hydrogen-bond donors (Lipinski definition) is 1. The van der Waals surface area contributed by atoms with E-state index in [1.807, 2.05) is 18.2 Å². The van der Waals surface area contributed by atoms with Crippen LogP contribution in [-0.4, -0.2) is 60.1 Å². The number of rotatable bonds is 5. The van der Waals surface area contributed by atoms with E-state index in [1.54, 1.807) is 24.0 Å². The van der Waals surface area contributed by atoms with Crippen molar-refractivity contribution in [2.24, 2.45) is 5.41 Å². The van der Waals surface area contributed by atoms with Gasteiger partial charge in [0.2, 0.25) is 5.91 Å². The molecule has 0 saturated carbocycles. The molecular formula is C17H20N2O5S. The lowest BCUT2D eigenvalue weighted by Gasteiger charge is -2.53. The minimum atomic E-state index is -0.711. The highest BCUT2D eigenvalue weighted by molar-refractivity contribution is 8.00. The third-order valence-corrected chi connectivity index (χ3v) is 6.01. The number of esters is 1. The fourth-order valence-electron chi connectivity index (χ4n) is 2.95. The summed E-state index contributed by atoms with van der Waals surface area (Å²) in [5.41, 5.74) is -0.711. The molecule has 2 heterocycles. The molecule has 2 saturated heterocycles. The predicted octanol–water partition coefficient (Wildman–Crippen LogP) is 0.645. The highest BCUT2D eigenvalue weighted by Gasteiger charge is 2.56. The largest absolute Gasteiger partial charge is 0.484 e. The van der Waals surface area contributed by atoms with Crippen LogP contribution in [0.5, 0.6) is 5.75 Å². The van der Waals surface area contributed by atoms with E-state index >= 15 is 0 Å². The van der Waals surface area contributed by atoms with Crippen LogP contribution in [0.2, 0.25) is 0 Å². The number of nitrogens with zero attached hydrogens (tertiary/aromatic N) is 1. The molecule has 3 rings (SSSR count). The van der Waals surface area contributed by atoms with Crippen LogP contribution in [0, 0.1) is 5.41 Å². The van der Waals surface area contributed by atoms with Crippen molar-refractivity contribution in [2.75, 3.05) is 26.0 Å². The van der Waals surface area contributed by atoms with Crippen molar-refractivity contribution >= 4 is 29.5 Å². The molecule has 25 heavy (non-hydrogen) atoms. The Labute approximate surface area is 150 Å². The minimum Gasteiger partial charge on any atom is -0.484 e. The van der Waals surface area contributed by atoms with E-state index in [4.69, 9.17) is 9.47 Å². The molecule has 8 heteroatoms. The first-order valence-corrected chi connectivity index (χ1v) is 8.97. The Morgan fingerprint density at radius 3 is 2.76 bits per heavy atom. The summed E-state index contributed by atoms with van der Waals surface area (Å²) in [5.74, 6) is 0.292. The van der Waals surface area contributed by atoms with Crippen LogP contribution in [0.4, 0.5) is 0 Å². The van der Waals surface area contributed by atoms with Crippen molar-refractivity contribution in [1.82, 2.24) is 10.2 Å². The number of thioether (sulfide) groups is 1. The summed E-state index contributed by atoms with van der Waals surface area (Å²) in [4.78, 5) is 37.9. The molecule has 1 aromatic carbocycles. The number of carbonyl (C=O) groups is 3. The lowest BCUT2D eigenvalue weighted by Crippen LogP contribution is -2.73. The quantitative estimate of drug-likeness (QED) is 0.610. The zero-order valence-electron chi connectivity index (χ0n) is 14.1. The van der Waals surface area contributed by atoms with E-state index in [9.17, 15) is 14.4 Å². The Hall–Kier alpha value is -2.22. The molecule has 3 atom stereocenters. The molecule has 0 radical (unpaired) electrons. The molecule has 1 aromatic rings. The standard InChI is InChI=1S/C17H20N2O5S/c1-17(16(22)23-2)9-19-14(21)13(15(19)25-10-17)18-12(20)8-24-11-6-4-3-5-7-11/h3-7,13,15H,8-10H2,1-2H3,(H,18,20)/t13?,15-,17?/m1/s1. The predicted molar refractivity (Wildman–Crippen MR) is 91.9 cm³/mol. The highest BCUT2D eigenvalue weighted by atomic mass is 32.2. The Bertz CT molecular complexity index is 683. The zero-order chi connectivity index (χ0) is 18.0. The van der Waals surface area contributed by atoms with Gasteiger partial charge < -0.3 is 19.7 Å². The van der Waals surface area contributed by atoms with Crippen LogP contribution in [0.3, 0.4) is 0 Å². The molecule has 0 spiro atoms. The second-order valence-electron chi connectivity index (χ2n) is 6.37. The number of carbonyl (C=O) groups excluding carboxylic acids is 3. The molecule has 1 N–H and O–H groups in total. The Balaban J connectivity index is 1.52. The molecule has 7 nitrogen and oxygen atoms in total. The summed E-state index contributed by atoms with van der Waals surface area (Å²) in [6, 6.07) is 8.44. The van der Waals surface area contributed by atoms with E-state index < -0.39 is 11.5 Å². The average Bonchev–Trinajstić information content (AvgIpc) is 2.64. The van der Waals surface area contributed by atoms with Crippen LogP contribution in [0.25, 0.3) is 0 Å². The molecule has 2 aliphatic heterocycles. The Kier molecular flexibility index (Phi) is 4.89. The van der Waals surface area contributed by atoms with Crippen molar-refractivity contribution in [3.05, 3.63) is 30.3 Å². The van der Waals surface area contributed by atoms with E-state index in [2.05, 4.69) is 5.32 Å². The van der Waals surface area contributed by atoms with Crippen LogP contribution < -0.4 is 10.1 Å². The molecule has 2 unspecified atom stereocenters. The topological polar surface area (TPSA) is 84.9 Å². The number of amides is 2. The lowest BCUT2D eigenvalue weighted by atomic mass is 9.89. The van der Waals surface area contributed by atoms with Gasteiger partial charge in [-0.3, -0.25) is 14.4 Å². The first-order valence-electron chi connectivity index (χ1n) is 7.92. The van der Waals surface area contributed by atoms with Crippen molar-refractivity contribution in [3.63, 3.8) is 0 Å². The maximum Gasteiger partial charge on any atom is 0.314 e. The first kappa shape index (κ1) is 17.6. The molecule has 2 aliphatic rings. The van der Waals surface area contributed by atoms with Gasteiger partial charge in [0.1, 0.15) is 17.2 Å². The third kappa shape index (κ3) is 3.44. The van der Waals surface area contributed by atoms with Gasteiger partial charge in [0.05, 0.1) is 12.5 Å². The molecule has 2 fully saturated rings. The minimum absolute atomic E-state index is 0.147. The van der Waals surface area contributed by atoms with Crippen molar-refractivity contribution < 1.29 is 23.9 Å². The number of ether oxygens (including phenoxy) is 2.